The van der Waals surface area contributed by atoms with Crippen molar-refractivity contribution in [3.63, 3.8) is 0 Å². The van der Waals surface area contributed by atoms with Crippen molar-refractivity contribution in [1.29, 1.82) is 0 Å². The molecule has 0 radical (unpaired) electrons. The van der Waals surface area contributed by atoms with Crippen LogP contribution in [0.15, 0.2) is 35.2 Å². The van der Waals surface area contributed by atoms with Crippen molar-refractivity contribution < 1.29 is 17.9 Å². The zero-order valence-electron chi connectivity index (χ0n) is 16.5. The Morgan fingerprint density at radius 2 is 1.60 bits per heavy atom. The summed E-state index contributed by atoms with van der Waals surface area (Å²) >= 11 is 12.3. The van der Waals surface area contributed by atoms with E-state index < -0.39 is 10.0 Å². The van der Waals surface area contributed by atoms with Gasteiger partial charge in [-0.05, 0) is 54.7 Å². The molecule has 1 aliphatic carbocycles. The molecule has 6 nitrogen and oxygen atoms in total. The van der Waals surface area contributed by atoms with E-state index in [9.17, 15) is 13.2 Å². The number of hydrogen-bond acceptors (Lipinski definition) is 4. The van der Waals surface area contributed by atoms with Crippen molar-refractivity contribution in [3.8, 4) is 5.75 Å². The molecule has 0 saturated carbocycles. The minimum atomic E-state index is -3.58. The van der Waals surface area contributed by atoms with Gasteiger partial charge in [-0.25, -0.2) is 8.42 Å². The number of hydrogen-bond donors (Lipinski definition) is 0. The third kappa shape index (κ3) is 3.91. The molecule has 160 valence electrons. The van der Waals surface area contributed by atoms with Gasteiger partial charge >= 0.3 is 0 Å². The van der Waals surface area contributed by atoms with Gasteiger partial charge < -0.3 is 9.64 Å². The average Bonchev–Trinajstić information content (AvgIpc) is 3.21. The molecule has 2 aromatic rings. The molecule has 0 N–H and O–H groups in total. The molecule has 1 amide bonds. The van der Waals surface area contributed by atoms with Gasteiger partial charge in [-0.2, -0.15) is 4.31 Å². The number of carbonyl (C=O) groups is 1. The highest BCUT2D eigenvalue weighted by Gasteiger charge is 2.31. The second-order valence-electron chi connectivity index (χ2n) is 7.45. The molecule has 9 heteroatoms. The van der Waals surface area contributed by atoms with Crippen molar-refractivity contribution in [2.75, 3.05) is 33.3 Å². The van der Waals surface area contributed by atoms with Crippen LogP contribution in [0.1, 0.15) is 27.9 Å². The van der Waals surface area contributed by atoms with Crippen LogP contribution in [0.5, 0.6) is 5.75 Å². The first-order valence-corrected chi connectivity index (χ1v) is 11.9. The van der Waals surface area contributed by atoms with E-state index in [2.05, 4.69) is 0 Å². The molecule has 30 heavy (non-hydrogen) atoms. The van der Waals surface area contributed by atoms with Crippen LogP contribution in [0.2, 0.25) is 10.0 Å². The van der Waals surface area contributed by atoms with E-state index in [0.717, 1.165) is 24.8 Å². The molecule has 0 spiro atoms. The summed E-state index contributed by atoms with van der Waals surface area (Å²) in [5.41, 5.74) is 2.71. The number of amides is 1. The van der Waals surface area contributed by atoms with E-state index in [1.54, 1.807) is 17.0 Å². The number of rotatable bonds is 4. The zero-order chi connectivity index (χ0) is 21.5. The van der Waals surface area contributed by atoms with E-state index in [0.29, 0.717) is 29.3 Å². The first kappa shape index (κ1) is 21.4. The Labute approximate surface area is 186 Å². The van der Waals surface area contributed by atoms with E-state index in [1.165, 1.54) is 29.1 Å². The number of methoxy groups -OCH3 is 1. The Balaban J connectivity index is 1.46. The van der Waals surface area contributed by atoms with Gasteiger partial charge in [-0.15, -0.1) is 0 Å². The Morgan fingerprint density at radius 1 is 0.967 bits per heavy atom. The van der Waals surface area contributed by atoms with Crippen molar-refractivity contribution in [3.05, 3.63) is 57.1 Å². The molecule has 0 aromatic heterocycles. The minimum Gasteiger partial charge on any atom is -0.494 e. The summed E-state index contributed by atoms with van der Waals surface area (Å²) < 4.78 is 32.7. The minimum absolute atomic E-state index is 0.239. The predicted octanol–water partition coefficient (Wildman–Crippen LogP) is 3.64. The molecule has 2 aliphatic rings. The molecule has 1 aliphatic heterocycles. The van der Waals surface area contributed by atoms with Crippen LogP contribution in [-0.2, 0) is 22.9 Å². The molecule has 4 rings (SSSR count). The molecule has 0 bridgehead atoms. The summed E-state index contributed by atoms with van der Waals surface area (Å²) in [6, 6.07) is 8.45. The van der Waals surface area contributed by atoms with Gasteiger partial charge in [0.05, 0.1) is 22.1 Å². The standard InChI is InChI=1S/C21H22Cl2N2O4S/c1-29-20-18(22)12-16(13-19(20)23)21(26)24-7-9-25(10-8-24)30(27,28)17-6-5-14-3-2-4-15(14)11-17/h5-6,11-13H,2-4,7-10H2,1H3. The second-order valence-corrected chi connectivity index (χ2v) is 10.2. The number of fused-ring (bicyclic) bond motifs is 1. The van der Waals surface area contributed by atoms with Gasteiger partial charge in [0.1, 0.15) is 0 Å². The fraction of sp³-hybridized carbons (Fsp3) is 0.381. The molecule has 0 atom stereocenters. The zero-order valence-corrected chi connectivity index (χ0v) is 18.9. The lowest BCUT2D eigenvalue weighted by molar-refractivity contribution is 0.0698. The number of aryl methyl sites for hydroxylation is 2. The van der Waals surface area contributed by atoms with Crippen LogP contribution in [-0.4, -0.2) is 56.8 Å². The van der Waals surface area contributed by atoms with Crippen molar-refractivity contribution in [2.45, 2.75) is 24.2 Å². The fourth-order valence-corrected chi connectivity index (χ4v) is 6.16. The second kappa shape index (κ2) is 8.38. The first-order valence-electron chi connectivity index (χ1n) is 9.75. The fourth-order valence-electron chi connectivity index (χ4n) is 4.05. The van der Waals surface area contributed by atoms with Gasteiger partial charge in [-0.1, -0.05) is 29.3 Å². The molecule has 1 saturated heterocycles. The van der Waals surface area contributed by atoms with E-state index in [1.807, 2.05) is 6.07 Å². The number of halogens is 2. The smallest absolute Gasteiger partial charge is 0.254 e. The highest BCUT2D eigenvalue weighted by atomic mass is 35.5. The van der Waals surface area contributed by atoms with Crippen LogP contribution in [0.3, 0.4) is 0 Å². The Kier molecular flexibility index (Phi) is 5.99. The highest BCUT2D eigenvalue weighted by Crippen LogP contribution is 2.34. The van der Waals surface area contributed by atoms with E-state index in [-0.39, 0.29) is 29.0 Å². The van der Waals surface area contributed by atoms with Crippen molar-refractivity contribution >= 4 is 39.1 Å². The summed E-state index contributed by atoms with van der Waals surface area (Å²) in [6.07, 6.45) is 3.00. The number of piperazine rings is 1. The molecular weight excluding hydrogens is 447 g/mol. The predicted molar refractivity (Wildman–Crippen MR) is 116 cm³/mol. The first-order chi connectivity index (χ1) is 14.3. The third-order valence-electron chi connectivity index (χ3n) is 5.68. The van der Waals surface area contributed by atoms with Crippen LogP contribution < -0.4 is 4.74 Å². The molecule has 2 aromatic carbocycles. The lowest BCUT2D eigenvalue weighted by Crippen LogP contribution is -2.50. The molecular formula is C21H22Cl2N2O4S. The van der Waals surface area contributed by atoms with Crippen LogP contribution >= 0.6 is 23.2 Å². The Hall–Kier alpha value is -1.80. The van der Waals surface area contributed by atoms with E-state index >= 15 is 0 Å². The summed E-state index contributed by atoms with van der Waals surface area (Å²) in [7, 11) is -2.13. The molecule has 1 fully saturated rings. The van der Waals surface area contributed by atoms with Crippen molar-refractivity contribution in [2.24, 2.45) is 0 Å². The van der Waals surface area contributed by atoms with Gasteiger partial charge in [0.15, 0.2) is 5.75 Å². The number of ether oxygens (including phenoxy) is 1. The third-order valence-corrected chi connectivity index (χ3v) is 8.14. The van der Waals surface area contributed by atoms with Gasteiger partial charge in [0.25, 0.3) is 5.91 Å². The normalized spacial score (nSPS) is 17.1. The van der Waals surface area contributed by atoms with Crippen LogP contribution in [0, 0.1) is 0 Å². The monoisotopic (exact) mass is 468 g/mol. The maximum atomic E-state index is 13.1. The average molecular weight is 469 g/mol. The Morgan fingerprint density at radius 3 is 2.23 bits per heavy atom. The van der Waals surface area contributed by atoms with Crippen LogP contribution in [0.4, 0.5) is 0 Å². The Bertz CT molecular complexity index is 1070. The van der Waals surface area contributed by atoms with Gasteiger partial charge in [-0.3, -0.25) is 4.79 Å². The quantitative estimate of drug-likeness (QED) is 0.686. The summed E-state index contributed by atoms with van der Waals surface area (Å²) in [4.78, 5) is 14.8. The van der Waals surface area contributed by atoms with Crippen molar-refractivity contribution in [1.82, 2.24) is 9.21 Å². The number of sulfonamides is 1. The van der Waals surface area contributed by atoms with Gasteiger partial charge in [0, 0.05) is 31.7 Å². The van der Waals surface area contributed by atoms with Crippen LogP contribution in [0.25, 0.3) is 0 Å². The highest BCUT2D eigenvalue weighted by molar-refractivity contribution is 7.89. The van der Waals surface area contributed by atoms with E-state index in [4.69, 9.17) is 27.9 Å². The molecule has 0 unspecified atom stereocenters. The maximum absolute atomic E-state index is 13.1. The number of nitrogens with zero attached hydrogens (tertiary/aromatic N) is 2. The largest absolute Gasteiger partial charge is 0.494 e. The SMILES string of the molecule is COc1c(Cl)cc(C(=O)N2CCN(S(=O)(=O)c3ccc4c(c3)CCC4)CC2)cc1Cl. The number of carbonyl (C=O) groups excluding carboxylic acids is 1. The topological polar surface area (TPSA) is 66.9 Å². The summed E-state index contributed by atoms with van der Waals surface area (Å²) in [5, 5.41) is 0.511. The molecule has 1 heterocycles. The summed E-state index contributed by atoms with van der Waals surface area (Å²) in [5.74, 6) is 0.0798. The van der Waals surface area contributed by atoms with Gasteiger partial charge in [0.2, 0.25) is 10.0 Å². The maximum Gasteiger partial charge on any atom is 0.254 e. The lowest BCUT2D eigenvalue weighted by atomic mass is 10.1. The number of benzene rings is 2. The lowest BCUT2D eigenvalue weighted by Gasteiger charge is -2.34. The summed E-state index contributed by atoms with van der Waals surface area (Å²) in [6.45, 7) is 1.07.